The van der Waals surface area contributed by atoms with Gasteiger partial charge < -0.3 is 4.74 Å². The second kappa shape index (κ2) is 10.7. The third-order valence-corrected chi connectivity index (χ3v) is 7.77. The van der Waals surface area contributed by atoms with Crippen LogP contribution in [0.25, 0.3) is 0 Å². The van der Waals surface area contributed by atoms with E-state index < -0.39 is 22.0 Å². The van der Waals surface area contributed by atoms with Crippen LogP contribution in [0.4, 0.5) is 10.8 Å². The molecule has 0 fully saturated rings. The Morgan fingerprint density at radius 1 is 1.37 bits per heavy atom. The van der Waals surface area contributed by atoms with Crippen molar-refractivity contribution < 1.29 is 17.9 Å². The van der Waals surface area contributed by atoms with Crippen molar-refractivity contribution in [2.24, 2.45) is 5.92 Å². The number of ether oxygens (including phenoxy) is 1. The maximum absolute atomic E-state index is 12.9. The molecule has 1 N–H and O–H groups in total. The topological polar surface area (TPSA) is 101 Å². The number of thioether (sulfide) groups is 1. The van der Waals surface area contributed by atoms with Gasteiger partial charge in [-0.1, -0.05) is 55.5 Å². The second-order valence-corrected chi connectivity index (χ2v) is 11.4. The molecule has 0 bridgehead atoms. The fourth-order valence-corrected chi connectivity index (χ4v) is 5.78. The number of carbonyl (C=O) groups is 1. The smallest absolute Gasteiger partial charge is 0.250 e. The van der Waals surface area contributed by atoms with Gasteiger partial charge in [0.05, 0.1) is 24.1 Å². The molecule has 0 aliphatic carbocycles. The van der Waals surface area contributed by atoms with Crippen LogP contribution < -0.4 is 14.4 Å². The van der Waals surface area contributed by atoms with Crippen molar-refractivity contribution in [1.82, 2.24) is 10.2 Å². The Labute approximate surface area is 190 Å². The molecule has 0 saturated carbocycles. The van der Waals surface area contributed by atoms with Gasteiger partial charge in [-0.2, -0.15) is 0 Å². The standard InChI is InChI=1S/C18H25ClN4O4S3/c1-6-14(16(24)20-17-21-22-18(29-17)28-10-11(2)3)23(30(5,25)26)12-7-8-15(27-4)13(19)9-12/h7-9,11,14H,6,10H2,1-5H3,(H,20,21,24)/t14-/m0/s1. The summed E-state index contributed by atoms with van der Waals surface area (Å²) in [7, 11) is -2.31. The van der Waals surface area contributed by atoms with Crippen LogP contribution in [-0.4, -0.2) is 49.7 Å². The van der Waals surface area contributed by atoms with Gasteiger partial charge in [0, 0.05) is 5.75 Å². The Morgan fingerprint density at radius 3 is 2.60 bits per heavy atom. The van der Waals surface area contributed by atoms with Gasteiger partial charge >= 0.3 is 0 Å². The Bertz CT molecular complexity index is 982. The molecular weight excluding hydrogens is 468 g/mol. The number of benzene rings is 1. The number of nitrogens with one attached hydrogen (secondary N) is 1. The van der Waals surface area contributed by atoms with E-state index in [0.717, 1.165) is 20.7 Å². The van der Waals surface area contributed by atoms with Crippen LogP contribution in [-0.2, 0) is 14.8 Å². The zero-order valence-electron chi connectivity index (χ0n) is 17.4. The Morgan fingerprint density at radius 2 is 2.07 bits per heavy atom. The van der Waals surface area contributed by atoms with E-state index in [2.05, 4.69) is 29.4 Å². The van der Waals surface area contributed by atoms with E-state index in [1.165, 1.54) is 24.5 Å². The summed E-state index contributed by atoms with van der Waals surface area (Å²) >= 11 is 8.99. The molecule has 0 unspecified atom stereocenters. The molecule has 12 heteroatoms. The Balaban J connectivity index is 2.27. The third kappa shape index (κ3) is 6.47. The molecule has 166 valence electrons. The van der Waals surface area contributed by atoms with Crippen LogP contribution in [0.15, 0.2) is 22.5 Å². The summed E-state index contributed by atoms with van der Waals surface area (Å²) < 4.78 is 32.0. The quantitative estimate of drug-likeness (QED) is 0.393. The van der Waals surface area contributed by atoms with Gasteiger partial charge in [-0.15, -0.1) is 10.2 Å². The number of aromatic nitrogens is 2. The lowest BCUT2D eigenvalue weighted by atomic mass is 10.2. The third-order valence-electron chi connectivity index (χ3n) is 3.90. The predicted molar refractivity (Wildman–Crippen MR) is 124 cm³/mol. The van der Waals surface area contributed by atoms with E-state index in [1.807, 2.05) is 0 Å². The van der Waals surface area contributed by atoms with E-state index in [-0.39, 0.29) is 17.1 Å². The van der Waals surface area contributed by atoms with Crippen molar-refractivity contribution in [2.45, 2.75) is 37.6 Å². The number of sulfonamides is 1. The van der Waals surface area contributed by atoms with Gasteiger partial charge in [0.25, 0.3) is 0 Å². The van der Waals surface area contributed by atoms with Crippen LogP contribution in [0.5, 0.6) is 5.75 Å². The molecular formula is C18H25ClN4O4S3. The molecule has 1 atom stereocenters. The molecule has 30 heavy (non-hydrogen) atoms. The Kier molecular flexibility index (Phi) is 8.77. The first-order valence-electron chi connectivity index (χ1n) is 9.16. The van der Waals surface area contributed by atoms with E-state index in [4.69, 9.17) is 16.3 Å². The monoisotopic (exact) mass is 492 g/mol. The minimum atomic E-state index is -3.78. The van der Waals surface area contributed by atoms with E-state index in [0.29, 0.717) is 16.8 Å². The fraction of sp³-hybridized carbons (Fsp3) is 0.500. The number of methoxy groups -OCH3 is 1. The van der Waals surface area contributed by atoms with E-state index in [9.17, 15) is 13.2 Å². The number of rotatable bonds is 10. The molecule has 2 aromatic rings. The van der Waals surface area contributed by atoms with Gasteiger partial charge in [0.15, 0.2) is 4.34 Å². The summed E-state index contributed by atoms with van der Waals surface area (Å²) in [6.07, 6.45) is 1.29. The van der Waals surface area contributed by atoms with Crippen LogP contribution in [0.3, 0.4) is 0 Å². The van der Waals surface area contributed by atoms with Gasteiger partial charge in [0.1, 0.15) is 11.8 Å². The normalized spacial score (nSPS) is 12.6. The molecule has 0 aliphatic rings. The summed E-state index contributed by atoms with van der Waals surface area (Å²) in [6.45, 7) is 5.94. The first-order valence-corrected chi connectivity index (χ1v) is 13.2. The van der Waals surface area contributed by atoms with Gasteiger partial charge in [0.2, 0.25) is 21.1 Å². The highest BCUT2D eigenvalue weighted by Gasteiger charge is 2.32. The van der Waals surface area contributed by atoms with E-state index in [1.54, 1.807) is 30.8 Å². The number of anilines is 2. The fourth-order valence-electron chi connectivity index (χ4n) is 2.60. The molecule has 0 spiro atoms. The largest absolute Gasteiger partial charge is 0.495 e. The SMILES string of the molecule is CC[C@@H](C(=O)Nc1nnc(SCC(C)C)s1)N(c1ccc(OC)c(Cl)c1)S(C)(=O)=O. The van der Waals surface area contributed by atoms with Crippen molar-refractivity contribution >= 4 is 61.4 Å². The van der Waals surface area contributed by atoms with Crippen LogP contribution in [0.2, 0.25) is 5.02 Å². The average molecular weight is 493 g/mol. The zero-order chi connectivity index (χ0) is 22.5. The maximum Gasteiger partial charge on any atom is 0.250 e. The Hall–Kier alpha value is -1.56. The minimum Gasteiger partial charge on any atom is -0.495 e. The van der Waals surface area contributed by atoms with Crippen molar-refractivity contribution in [3.05, 3.63) is 23.2 Å². The number of nitrogens with zero attached hydrogens (tertiary/aromatic N) is 3. The predicted octanol–water partition coefficient (Wildman–Crippen LogP) is 4.13. The molecule has 0 aliphatic heterocycles. The maximum atomic E-state index is 12.9. The number of halogens is 1. The molecule has 1 aromatic carbocycles. The summed E-state index contributed by atoms with van der Waals surface area (Å²) in [5.41, 5.74) is 0.274. The molecule has 0 radical (unpaired) electrons. The zero-order valence-corrected chi connectivity index (χ0v) is 20.6. The van der Waals surface area contributed by atoms with Crippen molar-refractivity contribution in [2.75, 3.05) is 28.7 Å². The minimum absolute atomic E-state index is 0.245. The highest BCUT2D eigenvalue weighted by Crippen LogP contribution is 2.32. The first kappa shape index (κ1) is 24.7. The number of amides is 1. The van der Waals surface area contributed by atoms with Crippen molar-refractivity contribution in [3.63, 3.8) is 0 Å². The number of hydrogen-bond donors (Lipinski definition) is 1. The summed E-state index contributed by atoms with van der Waals surface area (Å²) in [6, 6.07) is 3.58. The van der Waals surface area contributed by atoms with Crippen molar-refractivity contribution in [1.29, 1.82) is 0 Å². The van der Waals surface area contributed by atoms with Gasteiger partial charge in [-0.25, -0.2) is 8.42 Å². The lowest BCUT2D eigenvalue weighted by molar-refractivity contribution is -0.117. The molecule has 1 heterocycles. The lowest BCUT2D eigenvalue weighted by Gasteiger charge is -2.30. The van der Waals surface area contributed by atoms with Crippen molar-refractivity contribution in [3.8, 4) is 5.75 Å². The van der Waals surface area contributed by atoms with E-state index >= 15 is 0 Å². The lowest BCUT2D eigenvalue weighted by Crippen LogP contribution is -2.47. The van der Waals surface area contributed by atoms with Gasteiger partial charge in [-0.05, 0) is 30.5 Å². The number of hydrogen-bond acceptors (Lipinski definition) is 8. The van der Waals surface area contributed by atoms with Crippen LogP contribution in [0.1, 0.15) is 27.2 Å². The van der Waals surface area contributed by atoms with Crippen LogP contribution in [0, 0.1) is 5.92 Å². The second-order valence-electron chi connectivity index (χ2n) is 6.87. The van der Waals surface area contributed by atoms with Gasteiger partial charge in [-0.3, -0.25) is 14.4 Å². The summed E-state index contributed by atoms with van der Waals surface area (Å²) in [4.78, 5) is 12.9. The summed E-state index contributed by atoms with van der Waals surface area (Å²) in [5, 5.41) is 11.3. The molecule has 0 saturated heterocycles. The molecule has 1 aromatic heterocycles. The molecule has 2 rings (SSSR count). The highest BCUT2D eigenvalue weighted by molar-refractivity contribution is 8.01. The molecule has 8 nitrogen and oxygen atoms in total. The molecule has 1 amide bonds. The first-order chi connectivity index (χ1) is 14.1. The summed E-state index contributed by atoms with van der Waals surface area (Å²) in [5.74, 6) is 1.31. The highest BCUT2D eigenvalue weighted by atomic mass is 35.5. The average Bonchev–Trinajstić information content (AvgIpc) is 3.10. The number of carbonyl (C=O) groups excluding carboxylic acids is 1. The van der Waals surface area contributed by atoms with Crippen LogP contribution >= 0.6 is 34.7 Å².